The molecule has 0 radical (unpaired) electrons. The molecule has 0 bridgehead atoms. The first-order valence-corrected chi connectivity index (χ1v) is 10.4. The lowest BCUT2D eigenvalue weighted by Crippen LogP contribution is -2.42. The third kappa shape index (κ3) is 3.90. The van der Waals surface area contributed by atoms with Crippen LogP contribution in [-0.4, -0.2) is 44.7 Å². The minimum atomic E-state index is 0.105. The molecule has 4 nitrogen and oxygen atoms in total. The van der Waals surface area contributed by atoms with E-state index >= 15 is 0 Å². The van der Waals surface area contributed by atoms with Crippen molar-refractivity contribution >= 4 is 11.7 Å². The van der Waals surface area contributed by atoms with Gasteiger partial charge in [-0.25, -0.2) is 4.79 Å². The Balaban J connectivity index is 1.77. The molecule has 0 aromatic heterocycles. The highest BCUT2D eigenvalue weighted by atomic mass is 16.2. The Morgan fingerprint density at radius 1 is 1.23 bits per heavy atom. The summed E-state index contributed by atoms with van der Waals surface area (Å²) in [5.41, 5.74) is 2.65. The first kappa shape index (κ1) is 19.2. The maximum absolute atomic E-state index is 12.8. The summed E-state index contributed by atoms with van der Waals surface area (Å²) in [5.74, 6) is 0.881. The second-order valence-corrected chi connectivity index (χ2v) is 8.40. The van der Waals surface area contributed by atoms with Crippen LogP contribution in [0.1, 0.15) is 57.4 Å². The first-order valence-electron chi connectivity index (χ1n) is 10.4. The fraction of sp³-hybridized carbons (Fsp3) is 0.682. The number of anilines is 1. The number of carbonyl (C=O) groups is 1. The number of carbonyl (C=O) groups excluding carboxylic acids is 1. The van der Waals surface area contributed by atoms with Gasteiger partial charge >= 0.3 is 6.03 Å². The lowest BCUT2D eigenvalue weighted by Gasteiger charge is -2.32. The van der Waals surface area contributed by atoms with Crippen LogP contribution in [0.5, 0.6) is 0 Å². The molecule has 1 saturated heterocycles. The smallest absolute Gasteiger partial charge is 0.323 e. The second kappa shape index (κ2) is 8.43. The molecule has 26 heavy (non-hydrogen) atoms. The maximum atomic E-state index is 12.8. The van der Waals surface area contributed by atoms with Gasteiger partial charge in [0, 0.05) is 31.7 Å². The lowest BCUT2D eigenvalue weighted by atomic mass is 9.74. The van der Waals surface area contributed by atoms with Crippen LogP contribution in [-0.2, 0) is 5.41 Å². The van der Waals surface area contributed by atoms with Gasteiger partial charge in [0.1, 0.15) is 0 Å². The maximum Gasteiger partial charge on any atom is 0.323 e. The van der Waals surface area contributed by atoms with Crippen molar-refractivity contribution in [3.05, 3.63) is 29.8 Å². The predicted molar refractivity (Wildman–Crippen MR) is 109 cm³/mol. The molecule has 1 fully saturated rings. The lowest BCUT2D eigenvalue weighted by molar-refractivity contribution is 0.221. The molecule has 1 atom stereocenters. The van der Waals surface area contributed by atoms with Crippen LogP contribution in [0.25, 0.3) is 0 Å². The third-order valence-electron chi connectivity index (χ3n) is 6.30. The number of nitrogens with zero attached hydrogens (tertiary/aromatic N) is 2. The molecule has 2 amide bonds. The van der Waals surface area contributed by atoms with Gasteiger partial charge < -0.3 is 10.2 Å². The highest BCUT2D eigenvalue weighted by Crippen LogP contribution is 2.47. The highest BCUT2D eigenvalue weighted by Gasteiger charge is 2.43. The Labute approximate surface area is 158 Å². The molecule has 0 spiro atoms. The molecule has 3 rings (SSSR count). The number of nitrogens with one attached hydrogen (secondary N) is 1. The largest absolute Gasteiger partial charge is 0.330 e. The molecule has 0 aliphatic carbocycles. The Bertz CT molecular complexity index is 609. The van der Waals surface area contributed by atoms with Gasteiger partial charge in [-0.05, 0) is 56.3 Å². The summed E-state index contributed by atoms with van der Waals surface area (Å²) in [6.07, 6.45) is 8.75. The quantitative estimate of drug-likeness (QED) is 0.819. The number of hydrogen-bond donors (Lipinski definition) is 1. The van der Waals surface area contributed by atoms with Gasteiger partial charge in [0.05, 0.1) is 0 Å². The van der Waals surface area contributed by atoms with Crippen LogP contribution < -0.4 is 10.2 Å². The van der Waals surface area contributed by atoms with E-state index in [2.05, 4.69) is 36.5 Å². The van der Waals surface area contributed by atoms with Crippen LogP contribution >= 0.6 is 0 Å². The Morgan fingerprint density at radius 2 is 1.96 bits per heavy atom. The fourth-order valence-electron chi connectivity index (χ4n) is 4.97. The molecule has 144 valence electrons. The number of rotatable bonds is 6. The molecule has 2 heterocycles. The van der Waals surface area contributed by atoms with Crippen LogP contribution in [0.15, 0.2) is 24.3 Å². The van der Waals surface area contributed by atoms with Gasteiger partial charge in [0.15, 0.2) is 0 Å². The Hall–Kier alpha value is -1.55. The average molecular weight is 358 g/mol. The summed E-state index contributed by atoms with van der Waals surface area (Å²) in [4.78, 5) is 16.5. The average Bonchev–Trinajstić information content (AvgIpc) is 2.97. The van der Waals surface area contributed by atoms with Crippen molar-refractivity contribution in [3.8, 4) is 0 Å². The molecule has 4 heteroatoms. The standard InChI is InChI=1S/C22H35N3O/c1-4-13-22(14-7-8-18-11-15-23-16-12-18)17-25(21(26)24(2)3)20-10-6-5-9-19(20)22/h5-6,9-10,18,23H,4,7-8,11-17H2,1-3H3. The van der Waals surface area contributed by atoms with Crippen molar-refractivity contribution in [2.75, 3.05) is 38.6 Å². The summed E-state index contributed by atoms with van der Waals surface area (Å²) in [7, 11) is 3.70. The second-order valence-electron chi connectivity index (χ2n) is 8.40. The van der Waals surface area contributed by atoms with E-state index in [4.69, 9.17) is 0 Å². The van der Waals surface area contributed by atoms with Crippen molar-refractivity contribution in [1.82, 2.24) is 10.2 Å². The predicted octanol–water partition coefficient (Wildman–Crippen LogP) is 4.40. The summed E-state index contributed by atoms with van der Waals surface area (Å²) in [6.45, 7) is 5.47. The molecule has 1 aromatic carbocycles. The minimum Gasteiger partial charge on any atom is -0.330 e. The molecule has 1 aromatic rings. The monoisotopic (exact) mass is 357 g/mol. The fourth-order valence-corrected chi connectivity index (χ4v) is 4.97. The van der Waals surface area contributed by atoms with E-state index in [1.807, 2.05) is 19.0 Å². The molecule has 0 saturated carbocycles. The first-order chi connectivity index (χ1) is 12.6. The Morgan fingerprint density at radius 3 is 2.65 bits per heavy atom. The van der Waals surface area contributed by atoms with Gasteiger partial charge in [0.2, 0.25) is 0 Å². The van der Waals surface area contributed by atoms with Crippen molar-refractivity contribution in [2.45, 2.75) is 57.3 Å². The van der Waals surface area contributed by atoms with Crippen molar-refractivity contribution in [3.63, 3.8) is 0 Å². The number of amides is 2. The summed E-state index contributed by atoms with van der Waals surface area (Å²) in [5, 5.41) is 3.47. The van der Waals surface area contributed by atoms with Crippen molar-refractivity contribution in [1.29, 1.82) is 0 Å². The molecule has 1 unspecified atom stereocenters. The number of urea groups is 1. The van der Waals surface area contributed by atoms with Crippen LogP contribution in [0.3, 0.4) is 0 Å². The van der Waals surface area contributed by atoms with Crippen LogP contribution in [0.4, 0.5) is 10.5 Å². The summed E-state index contributed by atoms with van der Waals surface area (Å²) < 4.78 is 0. The van der Waals surface area contributed by atoms with E-state index in [-0.39, 0.29) is 11.4 Å². The highest BCUT2D eigenvalue weighted by molar-refractivity contribution is 5.94. The van der Waals surface area contributed by atoms with Gasteiger partial charge in [0.25, 0.3) is 0 Å². The van der Waals surface area contributed by atoms with E-state index < -0.39 is 0 Å². The summed E-state index contributed by atoms with van der Waals surface area (Å²) in [6, 6.07) is 8.69. The molecule has 2 aliphatic rings. The normalized spacial score (nSPS) is 23.1. The van der Waals surface area contributed by atoms with Gasteiger partial charge in [-0.15, -0.1) is 0 Å². The SMILES string of the molecule is CCCC1(CCCC2CCNCC2)CN(C(=O)N(C)C)c2ccccc21. The number of piperidine rings is 1. The van der Waals surface area contributed by atoms with E-state index in [0.717, 1.165) is 31.0 Å². The molecular formula is C22H35N3O. The number of hydrogen-bond acceptors (Lipinski definition) is 2. The zero-order chi connectivity index (χ0) is 18.6. The minimum absolute atomic E-state index is 0.105. The topological polar surface area (TPSA) is 35.6 Å². The summed E-state index contributed by atoms with van der Waals surface area (Å²) >= 11 is 0. The molecule has 1 N–H and O–H groups in total. The van der Waals surface area contributed by atoms with E-state index in [1.165, 1.54) is 50.8 Å². The van der Waals surface area contributed by atoms with E-state index in [0.29, 0.717) is 0 Å². The number of benzene rings is 1. The van der Waals surface area contributed by atoms with Gasteiger partial charge in [-0.1, -0.05) is 44.4 Å². The van der Waals surface area contributed by atoms with E-state index in [9.17, 15) is 4.79 Å². The number of fused-ring (bicyclic) bond motifs is 1. The third-order valence-corrected chi connectivity index (χ3v) is 6.30. The molecule has 2 aliphatic heterocycles. The van der Waals surface area contributed by atoms with Crippen molar-refractivity contribution < 1.29 is 4.79 Å². The van der Waals surface area contributed by atoms with Crippen molar-refractivity contribution in [2.24, 2.45) is 5.92 Å². The van der Waals surface area contributed by atoms with Crippen LogP contribution in [0, 0.1) is 5.92 Å². The van der Waals surface area contributed by atoms with Gasteiger partial charge in [-0.3, -0.25) is 4.90 Å². The van der Waals surface area contributed by atoms with Gasteiger partial charge in [-0.2, -0.15) is 0 Å². The van der Waals surface area contributed by atoms with E-state index in [1.54, 1.807) is 4.90 Å². The Kier molecular flexibility index (Phi) is 6.23. The zero-order valence-electron chi connectivity index (χ0n) is 16.8. The van der Waals surface area contributed by atoms with Crippen LogP contribution in [0.2, 0.25) is 0 Å². The molecular weight excluding hydrogens is 322 g/mol. The zero-order valence-corrected chi connectivity index (χ0v) is 16.8. The number of para-hydroxylation sites is 1.